The number of benzene rings is 1. The molecule has 1 aromatic carbocycles. The highest BCUT2D eigenvalue weighted by molar-refractivity contribution is 5.85. The third-order valence-corrected chi connectivity index (χ3v) is 3.09. The summed E-state index contributed by atoms with van der Waals surface area (Å²) in [4.78, 5) is 0. The van der Waals surface area contributed by atoms with Gasteiger partial charge in [0, 0.05) is 31.2 Å². The minimum atomic E-state index is -0.219. The third-order valence-electron chi connectivity index (χ3n) is 3.09. The fourth-order valence-corrected chi connectivity index (χ4v) is 2.09. The van der Waals surface area contributed by atoms with E-state index in [0.29, 0.717) is 5.52 Å². The number of hydrogen-bond acceptors (Lipinski definition) is 1. The molecule has 0 radical (unpaired) electrons. The Hall–Kier alpha value is -1.35. The second-order valence-electron chi connectivity index (χ2n) is 4.41. The highest BCUT2D eigenvalue weighted by Crippen LogP contribution is 2.27. The molecule has 1 heterocycles. The minimum absolute atomic E-state index is 0.0292. The molecule has 0 fully saturated rings. The van der Waals surface area contributed by atoms with Crippen LogP contribution in [-0.2, 0) is 7.05 Å². The second kappa shape index (κ2) is 3.91. The molecular formula is C13H16FNO. The van der Waals surface area contributed by atoms with E-state index in [4.69, 9.17) is 5.11 Å². The van der Waals surface area contributed by atoms with E-state index >= 15 is 0 Å². The Balaban J connectivity index is 2.71. The van der Waals surface area contributed by atoms with Crippen LogP contribution in [0, 0.1) is 12.7 Å². The molecule has 0 aliphatic rings. The largest absolute Gasteiger partial charge is 0.396 e. The van der Waals surface area contributed by atoms with Gasteiger partial charge in [-0.3, -0.25) is 0 Å². The molecule has 1 aromatic heterocycles. The van der Waals surface area contributed by atoms with Crippen LogP contribution in [-0.4, -0.2) is 16.3 Å². The van der Waals surface area contributed by atoms with Crippen molar-refractivity contribution < 1.29 is 9.50 Å². The number of rotatable bonds is 2. The average molecular weight is 221 g/mol. The van der Waals surface area contributed by atoms with Crippen molar-refractivity contribution in [2.45, 2.75) is 19.8 Å². The maximum absolute atomic E-state index is 13.9. The molecule has 86 valence electrons. The van der Waals surface area contributed by atoms with Crippen molar-refractivity contribution >= 4 is 10.9 Å². The molecule has 0 amide bonds. The zero-order valence-corrected chi connectivity index (χ0v) is 9.79. The van der Waals surface area contributed by atoms with Gasteiger partial charge in [-0.25, -0.2) is 4.39 Å². The van der Waals surface area contributed by atoms with E-state index in [9.17, 15) is 4.39 Å². The first-order valence-corrected chi connectivity index (χ1v) is 5.40. The molecule has 1 N–H and O–H groups in total. The summed E-state index contributed by atoms with van der Waals surface area (Å²) in [6.45, 7) is 3.89. The lowest BCUT2D eigenvalue weighted by Gasteiger charge is -2.09. The van der Waals surface area contributed by atoms with E-state index in [1.54, 1.807) is 4.57 Å². The molecule has 2 aromatic rings. The number of nitrogens with zero attached hydrogens (tertiary/aromatic N) is 1. The van der Waals surface area contributed by atoms with Crippen LogP contribution in [0.2, 0.25) is 0 Å². The Bertz CT molecular complexity index is 530. The van der Waals surface area contributed by atoms with Crippen molar-refractivity contribution in [1.82, 2.24) is 4.57 Å². The van der Waals surface area contributed by atoms with Crippen LogP contribution >= 0.6 is 0 Å². The summed E-state index contributed by atoms with van der Waals surface area (Å²) in [6, 6.07) is 3.48. The van der Waals surface area contributed by atoms with Crippen molar-refractivity contribution in [1.29, 1.82) is 0 Å². The maximum Gasteiger partial charge on any atom is 0.147 e. The lowest BCUT2D eigenvalue weighted by molar-refractivity contribution is 0.273. The highest BCUT2D eigenvalue weighted by atomic mass is 19.1. The van der Waals surface area contributed by atoms with Gasteiger partial charge in [0.2, 0.25) is 0 Å². The lowest BCUT2D eigenvalue weighted by Crippen LogP contribution is -2.00. The predicted octanol–water partition coefficient (Wildman–Crippen LogP) is 2.72. The quantitative estimate of drug-likeness (QED) is 0.828. The zero-order valence-electron chi connectivity index (χ0n) is 9.79. The average Bonchev–Trinajstić information content (AvgIpc) is 2.53. The molecular weight excluding hydrogens is 205 g/mol. The summed E-state index contributed by atoms with van der Waals surface area (Å²) in [6.07, 6.45) is 1.92. The number of aliphatic hydroxyl groups excluding tert-OH is 1. The van der Waals surface area contributed by atoms with Gasteiger partial charge in [-0.2, -0.15) is 0 Å². The fraction of sp³-hybridized carbons (Fsp3) is 0.385. The second-order valence-corrected chi connectivity index (χ2v) is 4.41. The first-order valence-electron chi connectivity index (χ1n) is 5.40. The molecule has 3 heteroatoms. The van der Waals surface area contributed by atoms with E-state index in [0.717, 1.165) is 16.5 Å². The molecule has 0 saturated carbocycles. The predicted molar refractivity (Wildman–Crippen MR) is 63.1 cm³/mol. The Labute approximate surface area is 94.3 Å². The third kappa shape index (κ3) is 1.61. The van der Waals surface area contributed by atoms with E-state index in [1.807, 2.05) is 33.2 Å². The summed E-state index contributed by atoms with van der Waals surface area (Å²) in [7, 11) is 1.84. The van der Waals surface area contributed by atoms with Crippen molar-refractivity contribution in [2.75, 3.05) is 6.61 Å². The Kier molecular flexibility index (Phi) is 2.72. The van der Waals surface area contributed by atoms with Crippen molar-refractivity contribution in [3.63, 3.8) is 0 Å². The number of aryl methyl sites for hydroxylation is 2. The Morgan fingerprint density at radius 1 is 1.44 bits per heavy atom. The molecule has 1 atom stereocenters. The van der Waals surface area contributed by atoms with Gasteiger partial charge >= 0.3 is 0 Å². The molecule has 0 aliphatic carbocycles. The first-order chi connectivity index (χ1) is 7.54. The van der Waals surface area contributed by atoms with Crippen LogP contribution in [0.4, 0.5) is 4.39 Å². The molecule has 0 bridgehead atoms. The Morgan fingerprint density at radius 3 is 2.75 bits per heavy atom. The monoisotopic (exact) mass is 221 g/mol. The Morgan fingerprint density at radius 2 is 2.12 bits per heavy atom. The summed E-state index contributed by atoms with van der Waals surface area (Å²) in [5.74, 6) is -0.248. The van der Waals surface area contributed by atoms with Crippen molar-refractivity contribution in [3.05, 3.63) is 35.3 Å². The lowest BCUT2D eigenvalue weighted by atomic mass is 9.99. The summed E-state index contributed by atoms with van der Waals surface area (Å²) < 4.78 is 15.7. The van der Waals surface area contributed by atoms with Gasteiger partial charge in [0.15, 0.2) is 0 Å². The van der Waals surface area contributed by atoms with E-state index < -0.39 is 0 Å². The van der Waals surface area contributed by atoms with Gasteiger partial charge in [-0.1, -0.05) is 6.92 Å². The van der Waals surface area contributed by atoms with Gasteiger partial charge in [0.1, 0.15) is 5.82 Å². The van der Waals surface area contributed by atoms with Gasteiger partial charge in [-0.15, -0.1) is 0 Å². The van der Waals surface area contributed by atoms with Crippen molar-refractivity contribution in [2.24, 2.45) is 7.05 Å². The zero-order chi connectivity index (χ0) is 11.9. The SMILES string of the molecule is Cc1cn(C)c2c(F)cc(C(C)CO)cc12. The van der Waals surface area contributed by atoms with Crippen LogP contribution < -0.4 is 0 Å². The van der Waals surface area contributed by atoms with E-state index in [1.165, 1.54) is 6.07 Å². The van der Waals surface area contributed by atoms with Crippen LogP contribution in [0.3, 0.4) is 0 Å². The molecule has 16 heavy (non-hydrogen) atoms. The molecule has 2 rings (SSSR count). The van der Waals surface area contributed by atoms with Crippen LogP contribution in [0.5, 0.6) is 0 Å². The molecule has 0 aliphatic heterocycles. The van der Waals surface area contributed by atoms with Crippen LogP contribution in [0.15, 0.2) is 18.3 Å². The number of hydrogen-bond donors (Lipinski definition) is 1. The highest BCUT2D eigenvalue weighted by Gasteiger charge is 2.13. The maximum atomic E-state index is 13.9. The molecule has 0 saturated heterocycles. The van der Waals surface area contributed by atoms with Crippen molar-refractivity contribution in [3.8, 4) is 0 Å². The number of aromatic nitrogens is 1. The van der Waals surface area contributed by atoms with Gasteiger partial charge in [0.25, 0.3) is 0 Å². The molecule has 2 nitrogen and oxygen atoms in total. The van der Waals surface area contributed by atoms with E-state index in [2.05, 4.69) is 0 Å². The summed E-state index contributed by atoms with van der Waals surface area (Å²) in [5, 5.41) is 10.0. The smallest absolute Gasteiger partial charge is 0.147 e. The van der Waals surface area contributed by atoms with Gasteiger partial charge in [0.05, 0.1) is 5.52 Å². The van der Waals surface area contributed by atoms with Gasteiger partial charge in [-0.05, 0) is 30.2 Å². The molecule has 1 unspecified atom stereocenters. The topological polar surface area (TPSA) is 25.2 Å². The van der Waals surface area contributed by atoms with Crippen LogP contribution in [0.25, 0.3) is 10.9 Å². The normalized spacial score (nSPS) is 13.3. The summed E-state index contributed by atoms with van der Waals surface area (Å²) >= 11 is 0. The fourth-order valence-electron chi connectivity index (χ4n) is 2.09. The minimum Gasteiger partial charge on any atom is -0.396 e. The number of halogens is 1. The van der Waals surface area contributed by atoms with E-state index in [-0.39, 0.29) is 18.3 Å². The first kappa shape index (κ1) is 11.1. The van der Waals surface area contributed by atoms with Crippen LogP contribution in [0.1, 0.15) is 24.0 Å². The number of fused-ring (bicyclic) bond motifs is 1. The summed E-state index contributed by atoms with van der Waals surface area (Å²) in [5.41, 5.74) is 2.54. The van der Waals surface area contributed by atoms with Gasteiger partial charge < -0.3 is 9.67 Å². The molecule has 0 spiro atoms. The standard InChI is InChI=1S/C13H16FNO/c1-8-6-15(3)13-11(8)4-10(5-12(13)14)9(2)7-16/h4-6,9,16H,7H2,1-3H3. The number of aliphatic hydroxyl groups is 1.